The zero-order valence-electron chi connectivity index (χ0n) is 20.2. The van der Waals surface area contributed by atoms with Gasteiger partial charge in [0.2, 0.25) is 0 Å². The molecule has 0 saturated carbocycles. The molecule has 1 unspecified atom stereocenters. The Morgan fingerprint density at radius 3 is 2.52 bits per heavy atom. The van der Waals surface area contributed by atoms with Crippen LogP contribution in [-0.4, -0.2) is 56.2 Å². The predicted octanol–water partition coefficient (Wildman–Crippen LogP) is 4.22. The van der Waals surface area contributed by atoms with Gasteiger partial charge in [-0.25, -0.2) is 4.79 Å². The quantitative estimate of drug-likeness (QED) is 0.645. The average molecular weight is 456 g/mol. The van der Waals surface area contributed by atoms with Gasteiger partial charge >= 0.3 is 6.03 Å². The van der Waals surface area contributed by atoms with Gasteiger partial charge in [-0.15, -0.1) is 0 Å². The smallest absolute Gasteiger partial charge is 0.318 e. The highest BCUT2D eigenvalue weighted by atomic mass is 16.6. The second-order valence-electron chi connectivity index (χ2n) is 8.95. The third kappa shape index (κ3) is 6.54. The van der Waals surface area contributed by atoms with E-state index in [0.29, 0.717) is 31.0 Å². The molecule has 0 saturated heterocycles. The zero-order chi connectivity index (χ0) is 24.0. The van der Waals surface area contributed by atoms with E-state index in [0.717, 1.165) is 22.6 Å². The summed E-state index contributed by atoms with van der Waals surface area (Å²) in [5, 5.41) is 7.33. The summed E-state index contributed by atoms with van der Waals surface area (Å²) in [4.78, 5) is 20.5. The number of hydrogen-bond acceptors (Lipinski definition) is 6. The molecule has 2 aromatic carbocycles. The highest BCUT2D eigenvalue weighted by Crippen LogP contribution is 2.29. The summed E-state index contributed by atoms with van der Waals surface area (Å²) in [6.45, 7) is 6.68. The standard InChI is InChI=1S/C25H33N3O5/c1-25(2,3)26-24(29)28(15-17-8-7-9-19(12-17)30-4)16-20-14-21(27-33-20)18-10-11-22(31-5)23(13-18)32-6/h7-13,20H,14-16H2,1-6H3,(H,26,29). The van der Waals surface area contributed by atoms with E-state index < -0.39 is 0 Å². The lowest BCUT2D eigenvalue weighted by atomic mass is 10.0. The van der Waals surface area contributed by atoms with E-state index in [1.165, 1.54) is 0 Å². The molecule has 178 valence electrons. The fourth-order valence-corrected chi connectivity index (χ4v) is 3.57. The van der Waals surface area contributed by atoms with Crippen molar-refractivity contribution in [1.82, 2.24) is 10.2 Å². The van der Waals surface area contributed by atoms with Gasteiger partial charge < -0.3 is 29.3 Å². The summed E-state index contributed by atoms with van der Waals surface area (Å²) in [5.74, 6) is 2.03. The molecule has 8 nitrogen and oxygen atoms in total. The van der Waals surface area contributed by atoms with Crippen LogP contribution >= 0.6 is 0 Å². The Morgan fingerprint density at radius 2 is 1.85 bits per heavy atom. The van der Waals surface area contributed by atoms with E-state index in [1.54, 1.807) is 26.2 Å². The monoisotopic (exact) mass is 455 g/mol. The van der Waals surface area contributed by atoms with Gasteiger partial charge in [0.25, 0.3) is 0 Å². The molecule has 0 aliphatic carbocycles. The molecule has 8 heteroatoms. The number of nitrogens with one attached hydrogen (secondary N) is 1. The first kappa shape index (κ1) is 24.2. The summed E-state index contributed by atoms with van der Waals surface area (Å²) in [6, 6.07) is 13.2. The highest BCUT2D eigenvalue weighted by molar-refractivity contribution is 6.01. The van der Waals surface area contributed by atoms with Crippen LogP contribution in [0.5, 0.6) is 17.2 Å². The molecule has 1 N–H and O–H groups in total. The molecule has 3 rings (SSSR count). The van der Waals surface area contributed by atoms with Crippen LogP contribution in [0.3, 0.4) is 0 Å². The van der Waals surface area contributed by atoms with Gasteiger partial charge in [0, 0.05) is 24.1 Å². The maximum atomic E-state index is 13.1. The molecule has 1 atom stereocenters. The minimum absolute atomic E-state index is 0.159. The maximum Gasteiger partial charge on any atom is 0.318 e. The minimum Gasteiger partial charge on any atom is -0.497 e. The van der Waals surface area contributed by atoms with Crippen LogP contribution in [0.4, 0.5) is 4.79 Å². The van der Waals surface area contributed by atoms with Crippen molar-refractivity contribution in [2.24, 2.45) is 5.16 Å². The lowest BCUT2D eigenvalue weighted by Crippen LogP contribution is -2.50. The van der Waals surface area contributed by atoms with E-state index in [1.807, 2.05) is 63.2 Å². The van der Waals surface area contributed by atoms with Crippen LogP contribution < -0.4 is 19.5 Å². The number of rotatable bonds is 8. The molecule has 1 heterocycles. The lowest BCUT2D eigenvalue weighted by molar-refractivity contribution is 0.0580. The molecule has 33 heavy (non-hydrogen) atoms. The fraction of sp³-hybridized carbons (Fsp3) is 0.440. The van der Waals surface area contributed by atoms with Gasteiger partial charge in [-0.1, -0.05) is 17.3 Å². The second-order valence-corrected chi connectivity index (χ2v) is 8.95. The molecular weight excluding hydrogens is 422 g/mol. The van der Waals surface area contributed by atoms with E-state index in [9.17, 15) is 4.79 Å². The van der Waals surface area contributed by atoms with Crippen molar-refractivity contribution in [3.63, 3.8) is 0 Å². The van der Waals surface area contributed by atoms with Gasteiger partial charge in [-0.2, -0.15) is 0 Å². The summed E-state index contributed by atoms with van der Waals surface area (Å²) >= 11 is 0. The SMILES string of the molecule is COc1cccc(CN(CC2CC(c3ccc(OC)c(OC)c3)=NO2)C(=O)NC(C)(C)C)c1. The lowest BCUT2D eigenvalue weighted by Gasteiger charge is -2.29. The average Bonchev–Trinajstić information content (AvgIpc) is 3.25. The predicted molar refractivity (Wildman–Crippen MR) is 127 cm³/mol. The molecule has 1 aliphatic heterocycles. The molecule has 0 aromatic heterocycles. The van der Waals surface area contributed by atoms with E-state index >= 15 is 0 Å². The number of benzene rings is 2. The Balaban J connectivity index is 1.73. The molecule has 0 bridgehead atoms. The van der Waals surface area contributed by atoms with Crippen molar-refractivity contribution in [3.05, 3.63) is 53.6 Å². The van der Waals surface area contributed by atoms with Crippen molar-refractivity contribution in [2.45, 2.75) is 45.4 Å². The Bertz CT molecular complexity index is 1000. The number of carbonyl (C=O) groups excluding carboxylic acids is 1. The third-order valence-electron chi connectivity index (χ3n) is 5.15. The molecule has 0 radical (unpaired) electrons. The van der Waals surface area contributed by atoms with Crippen molar-refractivity contribution >= 4 is 11.7 Å². The molecule has 2 aromatic rings. The fourth-order valence-electron chi connectivity index (χ4n) is 3.57. The summed E-state index contributed by atoms with van der Waals surface area (Å²) in [7, 11) is 4.83. The number of methoxy groups -OCH3 is 3. The Hall–Kier alpha value is -3.42. The van der Waals surface area contributed by atoms with Crippen LogP contribution in [0.15, 0.2) is 47.6 Å². The number of hydrogen-bond donors (Lipinski definition) is 1. The van der Waals surface area contributed by atoms with Gasteiger partial charge in [0.05, 0.1) is 33.6 Å². The van der Waals surface area contributed by atoms with Gasteiger partial charge in [-0.3, -0.25) is 0 Å². The third-order valence-corrected chi connectivity index (χ3v) is 5.15. The number of amides is 2. The topological polar surface area (TPSA) is 81.6 Å². The second kappa shape index (κ2) is 10.5. The highest BCUT2D eigenvalue weighted by Gasteiger charge is 2.29. The van der Waals surface area contributed by atoms with Crippen LogP contribution in [0.1, 0.15) is 38.3 Å². The van der Waals surface area contributed by atoms with Crippen LogP contribution in [-0.2, 0) is 11.4 Å². The van der Waals surface area contributed by atoms with E-state index in [-0.39, 0.29) is 17.7 Å². The maximum absolute atomic E-state index is 13.1. The number of urea groups is 1. The Labute approximate surface area is 195 Å². The van der Waals surface area contributed by atoms with E-state index in [4.69, 9.17) is 19.0 Å². The minimum atomic E-state index is -0.360. The largest absolute Gasteiger partial charge is 0.497 e. The molecular formula is C25H33N3O5. The molecule has 2 amide bonds. The molecule has 1 aliphatic rings. The first-order valence-corrected chi connectivity index (χ1v) is 10.9. The van der Waals surface area contributed by atoms with Gasteiger partial charge in [0.15, 0.2) is 17.6 Å². The normalized spacial score (nSPS) is 15.3. The van der Waals surface area contributed by atoms with Crippen LogP contribution in [0.25, 0.3) is 0 Å². The molecule has 0 spiro atoms. The molecule has 0 fully saturated rings. The first-order chi connectivity index (χ1) is 15.7. The summed E-state index contributed by atoms with van der Waals surface area (Å²) in [5.41, 5.74) is 2.31. The first-order valence-electron chi connectivity index (χ1n) is 10.9. The van der Waals surface area contributed by atoms with Crippen molar-refractivity contribution in [3.8, 4) is 17.2 Å². The number of nitrogens with zero attached hydrogens (tertiary/aromatic N) is 2. The van der Waals surface area contributed by atoms with E-state index in [2.05, 4.69) is 10.5 Å². The van der Waals surface area contributed by atoms with Crippen molar-refractivity contribution in [2.75, 3.05) is 27.9 Å². The zero-order valence-corrected chi connectivity index (χ0v) is 20.2. The number of carbonyl (C=O) groups is 1. The number of ether oxygens (including phenoxy) is 3. The Morgan fingerprint density at radius 1 is 1.09 bits per heavy atom. The number of oxime groups is 1. The van der Waals surface area contributed by atoms with Crippen LogP contribution in [0.2, 0.25) is 0 Å². The Kier molecular flexibility index (Phi) is 7.68. The van der Waals surface area contributed by atoms with Crippen molar-refractivity contribution < 1.29 is 23.8 Å². The summed E-state index contributed by atoms with van der Waals surface area (Å²) in [6.07, 6.45) is 0.316. The summed E-state index contributed by atoms with van der Waals surface area (Å²) < 4.78 is 16.0. The van der Waals surface area contributed by atoms with Gasteiger partial charge in [-0.05, 0) is 56.7 Å². The van der Waals surface area contributed by atoms with Crippen molar-refractivity contribution in [1.29, 1.82) is 0 Å². The van der Waals surface area contributed by atoms with Crippen LogP contribution in [0, 0.1) is 0 Å². The van der Waals surface area contributed by atoms with Gasteiger partial charge in [0.1, 0.15) is 5.75 Å².